The number of aliphatic hydroxyl groups excluding tert-OH is 3. The van der Waals surface area contributed by atoms with Gasteiger partial charge >= 0.3 is 11.8 Å². The zero-order chi connectivity index (χ0) is 22.7. The van der Waals surface area contributed by atoms with E-state index in [2.05, 4.69) is 10.3 Å². The van der Waals surface area contributed by atoms with Crippen LogP contribution in [0.25, 0.3) is 0 Å². The number of carbonyl (C=O) groups is 1. The van der Waals surface area contributed by atoms with Gasteiger partial charge in [0.05, 0.1) is 11.5 Å². The lowest BCUT2D eigenvalue weighted by Gasteiger charge is -2.17. The predicted octanol–water partition coefficient (Wildman–Crippen LogP) is 0.0727. The summed E-state index contributed by atoms with van der Waals surface area (Å²) < 4.78 is 11.4. The van der Waals surface area contributed by atoms with E-state index in [-0.39, 0.29) is 11.5 Å². The first-order chi connectivity index (χ1) is 14.7. The SMILES string of the molecule is CC(OC(=O)Nc1ccn(C2O[C@H](CO)[C@@H](O)[C@@H]2O)c(=O)n1)c1ccc([N+](=O)[O-])cc1. The maximum atomic E-state index is 12.3. The van der Waals surface area contributed by atoms with Gasteiger partial charge in [-0.3, -0.25) is 20.0 Å². The third-order valence-corrected chi connectivity index (χ3v) is 4.71. The van der Waals surface area contributed by atoms with Gasteiger partial charge in [-0.05, 0) is 30.7 Å². The zero-order valence-corrected chi connectivity index (χ0v) is 16.2. The number of nitro groups is 1. The molecule has 1 aromatic carbocycles. The van der Waals surface area contributed by atoms with Crippen LogP contribution in [-0.4, -0.2) is 60.8 Å². The van der Waals surface area contributed by atoms with Gasteiger partial charge in [0.25, 0.3) is 5.69 Å². The molecule has 0 saturated carbocycles. The third-order valence-electron chi connectivity index (χ3n) is 4.71. The summed E-state index contributed by atoms with van der Waals surface area (Å²) in [5, 5.41) is 41.9. The fourth-order valence-corrected chi connectivity index (χ4v) is 3.02. The minimum absolute atomic E-state index is 0.0978. The average molecular weight is 436 g/mol. The Morgan fingerprint density at radius 3 is 2.55 bits per heavy atom. The molecule has 2 heterocycles. The number of carbonyl (C=O) groups excluding carboxylic acids is 1. The van der Waals surface area contributed by atoms with Crippen molar-refractivity contribution in [3.63, 3.8) is 0 Å². The Morgan fingerprint density at radius 1 is 1.32 bits per heavy atom. The van der Waals surface area contributed by atoms with Crippen molar-refractivity contribution >= 4 is 17.6 Å². The maximum absolute atomic E-state index is 12.3. The van der Waals surface area contributed by atoms with E-state index in [9.17, 15) is 29.9 Å². The molecule has 1 saturated heterocycles. The molecule has 166 valence electrons. The number of amides is 1. The highest BCUT2D eigenvalue weighted by Gasteiger charge is 2.43. The molecule has 13 nitrogen and oxygen atoms in total. The summed E-state index contributed by atoms with van der Waals surface area (Å²) in [5.74, 6) is -0.131. The topological polar surface area (TPSA) is 186 Å². The van der Waals surface area contributed by atoms with E-state index in [1.165, 1.54) is 36.5 Å². The molecular formula is C18H20N4O9. The number of ether oxygens (including phenoxy) is 2. The first-order valence-electron chi connectivity index (χ1n) is 9.15. The molecule has 1 fully saturated rings. The van der Waals surface area contributed by atoms with Gasteiger partial charge in [-0.2, -0.15) is 4.98 Å². The maximum Gasteiger partial charge on any atom is 0.413 e. The van der Waals surface area contributed by atoms with Crippen LogP contribution in [0.4, 0.5) is 16.3 Å². The number of aliphatic hydroxyl groups is 3. The minimum atomic E-state index is -1.46. The van der Waals surface area contributed by atoms with Gasteiger partial charge in [0.2, 0.25) is 0 Å². The summed E-state index contributed by atoms with van der Waals surface area (Å²) in [6.07, 6.45) is -5.59. The van der Waals surface area contributed by atoms with Crippen molar-refractivity contribution in [3.05, 3.63) is 62.7 Å². The zero-order valence-electron chi connectivity index (χ0n) is 16.2. The molecule has 31 heavy (non-hydrogen) atoms. The first kappa shape index (κ1) is 22.3. The normalized spacial score (nSPS) is 23.9. The Hall–Kier alpha value is -3.39. The van der Waals surface area contributed by atoms with Crippen LogP contribution in [0.2, 0.25) is 0 Å². The summed E-state index contributed by atoms with van der Waals surface area (Å²) in [6.45, 7) is 1.02. The third kappa shape index (κ3) is 4.86. The van der Waals surface area contributed by atoms with Crippen molar-refractivity contribution in [1.29, 1.82) is 0 Å². The molecule has 3 rings (SSSR count). The lowest BCUT2D eigenvalue weighted by Crippen LogP contribution is -2.36. The number of non-ortho nitro benzene ring substituents is 1. The van der Waals surface area contributed by atoms with Crippen LogP contribution in [0, 0.1) is 10.1 Å². The Kier molecular flexibility index (Phi) is 6.60. The van der Waals surface area contributed by atoms with Crippen molar-refractivity contribution in [2.45, 2.75) is 37.6 Å². The van der Waals surface area contributed by atoms with Gasteiger partial charge in [0, 0.05) is 18.3 Å². The van der Waals surface area contributed by atoms with E-state index in [0.717, 1.165) is 4.57 Å². The second-order valence-electron chi connectivity index (χ2n) is 6.75. The highest BCUT2D eigenvalue weighted by atomic mass is 16.6. The van der Waals surface area contributed by atoms with Crippen LogP contribution in [0.3, 0.4) is 0 Å². The van der Waals surface area contributed by atoms with Gasteiger partial charge < -0.3 is 24.8 Å². The lowest BCUT2D eigenvalue weighted by molar-refractivity contribution is -0.384. The molecule has 1 aromatic heterocycles. The quantitative estimate of drug-likeness (QED) is 0.356. The number of nitrogens with zero attached hydrogens (tertiary/aromatic N) is 3. The summed E-state index contributed by atoms with van der Waals surface area (Å²) >= 11 is 0. The fraction of sp³-hybridized carbons (Fsp3) is 0.389. The number of anilines is 1. The number of benzene rings is 1. The highest BCUT2D eigenvalue weighted by Crippen LogP contribution is 2.28. The van der Waals surface area contributed by atoms with Crippen molar-refractivity contribution in [3.8, 4) is 0 Å². The van der Waals surface area contributed by atoms with Gasteiger partial charge in [-0.25, -0.2) is 9.59 Å². The van der Waals surface area contributed by atoms with Crippen molar-refractivity contribution in [2.75, 3.05) is 11.9 Å². The number of nitro benzene ring substituents is 1. The van der Waals surface area contributed by atoms with Crippen molar-refractivity contribution < 1.29 is 34.5 Å². The van der Waals surface area contributed by atoms with Crippen LogP contribution < -0.4 is 11.0 Å². The summed E-state index contributed by atoms with van der Waals surface area (Å²) in [6, 6.07) is 6.74. The fourth-order valence-electron chi connectivity index (χ4n) is 3.02. The van der Waals surface area contributed by atoms with Gasteiger partial charge in [-0.1, -0.05) is 0 Å². The van der Waals surface area contributed by atoms with E-state index in [0.29, 0.717) is 5.56 Å². The molecule has 2 unspecified atom stereocenters. The van der Waals surface area contributed by atoms with Gasteiger partial charge in [0.1, 0.15) is 30.2 Å². The van der Waals surface area contributed by atoms with Gasteiger partial charge in [-0.15, -0.1) is 0 Å². The summed E-state index contributed by atoms with van der Waals surface area (Å²) in [7, 11) is 0. The number of nitrogens with one attached hydrogen (secondary N) is 1. The first-order valence-corrected chi connectivity index (χ1v) is 9.15. The second kappa shape index (κ2) is 9.18. The molecule has 5 atom stereocenters. The van der Waals surface area contributed by atoms with Crippen molar-refractivity contribution in [2.24, 2.45) is 0 Å². The van der Waals surface area contributed by atoms with E-state index >= 15 is 0 Å². The molecule has 0 bridgehead atoms. The van der Waals surface area contributed by atoms with E-state index in [4.69, 9.17) is 14.6 Å². The van der Waals surface area contributed by atoms with Crippen LogP contribution in [0.15, 0.2) is 41.3 Å². The number of rotatable bonds is 6. The molecule has 0 spiro atoms. The standard InChI is InChI=1S/C18H20N4O9/c1-9(10-2-4-11(5-3-10)22(28)29)30-18(27)20-13-6-7-21(17(26)19-13)16-15(25)14(24)12(8-23)31-16/h2-7,9,12,14-16,23-25H,8H2,1H3,(H,19,20,26,27)/t9?,12-,14-,15+,16?/m1/s1. The molecule has 0 radical (unpaired) electrons. The molecular weight excluding hydrogens is 416 g/mol. The Balaban J connectivity index is 1.64. The van der Waals surface area contributed by atoms with Crippen LogP contribution in [0.1, 0.15) is 24.8 Å². The van der Waals surface area contributed by atoms with Crippen LogP contribution in [-0.2, 0) is 9.47 Å². The number of aromatic nitrogens is 2. The summed E-state index contributed by atoms with van der Waals surface area (Å²) in [4.78, 5) is 38.2. The van der Waals surface area contributed by atoms with E-state index < -0.39 is 54.0 Å². The minimum Gasteiger partial charge on any atom is -0.441 e. The highest BCUT2D eigenvalue weighted by molar-refractivity contribution is 5.83. The molecule has 1 aliphatic rings. The van der Waals surface area contributed by atoms with E-state index in [1.807, 2.05) is 0 Å². The molecule has 4 N–H and O–H groups in total. The Morgan fingerprint density at radius 2 is 2.00 bits per heavy atom. The second-order valence-corrected chi connectivity index (χ2v) is 6.75. The molecule has 2 aromatic rings. The lowest BCUT2D eigenvalue weighted by atomic mass is 10.1. The Labute approximate surface area is 174 Å². The number of hydrogen-bond acceptors (Lipinski definition) is 10. The average Bonchev–Trinajstić information content (AvgIpc) is 3.02. The monoisotopic (exact) mass is 436 g/mol. The molecule has 1 aliphatic heterocycles. The van der Waals surface area contributed by atoms with E-state index in [1.54, 1.807) is 6.92 Å². The molecule has 13 heteroatoms. The van der Waals surface area contributed by atoms with Gasteiger partial charge in [0.15, 0.2) is 6.23 Å². The molecule has 1 amide bonds. The van der Waals surface area contributed by atoms with Crippen molar-refractivity contribution in [1.82, 2.24) is 9.55 Å². The predicted molar refractivity (Wildman–Crippen MR) is 103 cm³/mol. The summed E-state index contributed by atoms with van der Waals surface area (Å²) in [5.41, 5.74) is -0.455. The molecule has 0 aliphatic carbocycles. The van der Waals surface area contributed by atoms with Crippen LogP contribution in [0.5, 0.6) is 0 Å². The number of hydrogen-bond donors (Lipinski definition) is 4. The smallest absolute Gasteiger partial charge is 0.413 e. The largest absolute Gasteiger partial charge is 0.441 e. The Bertz CT molecular complexity index is 1010. The van der Waals surface area contributed by atoms with Crippen LogP contribution >= 0.6 is 0 Å².